The Morgan fingerprint density at radius 1 is 1.47 bits per heavy atom. The molecule has 0 aromatic carbocycles. The van der Waals surface area contributed by atoms with Crippen molar-refractivity contribution in [2.45, 2.75) is 50.6 Å². The lowest BCUT2D eigenvalue weighted by Gasteiger charge is -2.43. The number of carbonyl (C=O) groups excluding carboxylic acids is 1. The Labute approximate surface area is 119 Å². The van der Waals surface area contributed by atoms with Gasteiger partial charge < -0.3 is 15.3 Å². The largest absolute Gasteiger partial charge is 0.481 e. The highest BCUT2D eigenvalue weighted by Crippen LogP contribution is 2.35. The quantitative estimate of drug-likeness (QED) is 0.753. The second-order valence-electron chi connectivity index (χ2n) is 5.26. The molecular weight excluding hydrogens is 264 g/mol. The molecule has 1 atom stereocenters. The standard InChI is InChI=1S/C13H24N2O3S/c1-4-10(9-19-3)15(2)12(18)14-13(6-5-7-13)8-11(16)17/h10H,4-9H2,1-3H3,(H,14,18)(H,16,17). The molecule has 1 aliphatic rings. The molecule has 110 valence electrons. The lowest BCUT2D eigenvalue weighted by Crippen LogP contribution is -2.58. The fraction of sp³-hybridized carbons (Fsp3) is 0.846. The summed E-state index contributed by atoms with van der Waals surface area (Å²) in [5.74, 6) is 0.0469. The van der Waals surface area contributed by atoms with Crippen LogP contribution in [0.1, 0.15) is 39.0 Å². The van der Waals surface area contributed by atoms with E-state index in [2.05, 4.69) is 12.2 Å². The van der Waals surface area contributed by atoms with Crippen molar-refractivity contribution in [1.29, 1.82) is 0 Å². The number of carbonyl (C=O) groups is 2. The van der Waals surface area contributed by atoms with Gasteiger partial charge in [-0.3, -0.25) is 4.79 Å². The number of urea groups is 1. The van der Waals surface area contributed by atoms with Crippen molar-refractivity contribution in [3.8, 4) is 0 Å². The van der Waals surface area contributed by atoms with Crippen LogP contribution in [0.4, 0.5) is 4.79 Å². The average Bonchev–Trinajstić information content (AvgIpc) is 2.31. The van der Waals surface area contributed by atoms with Crippen molar-refractivity contribution >= 4 is 23.8 Å². The summed E-state index contributed by atoms with van der Waals surface area (Å²) in [6.07, 6.45) is 5.45. The zero-order valence-electron chi connectivity index (χ0n) is 11.9. The molecule has 2 amide bonds. The Hall–Kier alpha value is -0.910. The van der Waals surface area contributed by atoms with Gasteiger partial charge in [-0.25, -0.2) is 4.79 Å². The van der Waals surface area contributed by atoms with Crippen molar-refractivity contribution in [1.82, 2.24) is 10.2 Å². The van der Waals surface area contributed by atoms with E-state index in [1.165, 1.54) is 0 Å². The van der Waals surface area contributed by atoms with Gasteiger partial charge in [0, 0.05) is 18.8 Å². The molecule has 0 radical (unpaired) electrons. The van der Waals surface area contributed by atoms with E-state index in [-0.39, 0.29) is 18.5 Å². The van der Waals surface area contributed by atoms with Gasteiger partial charge in [-0.15, -0.1) is 0 Å². The van der Waals surface area contributed by atoms with Crippen molar-refractivity contribution in [3.63, 3.8) is 0 Å². The number of carboxylic acids is 1. The summed E-state index contributed by atoms with van der Waals surface area (Å²) >= 11 is 1.71. The summed E-state index contributed by atoms with van der Waals surface area (Å²) in [6.45, 7) is 2.06. The summed E-state index contributed by atoms with van der Waals surface area (Å²) in [5.41, 5.74) is -0.519. The van der Waals surface area contributed by atoms with Crippen LogP contribution in [0.5, 0.6) is 0 Å². The second-order valence-corrected chi connectivity index (χ2v) is 6.17. The van der Waals surface area contributed by atoms with Gasteiger partial charge >= 0.3 is 12.0 Å². The zero-order chi connectivity index (χ0) is 14.5. The number of hydrogen-bond acceptors (Lipinski definition) is 3. The van der Waals surface area contributed by atoms with Gasteiger partial charge in [0.1, 0.15) is 0 Å². The molecule has 0 bridgehead atoms. The van der Waals surface area contributed by atoms with Gasteiger partial charge in [0.05, 0.1) is 12.0 Å². The molecule has 0 aromatic heterocycles. The van der Waals surface area contributed by atoms with Crippen molar-refractivity contribution in [3.05, 3.63) is 0 Å². The number of nitrogens with one attached hydrogen (secondary N) is 1. The maximum absolute atomic E-state index is 12.2. The maximum Gasteiger partial charge on any atom is 0.317 e. The molecule has 0 aliphatic heterocycles. The Morgan fingerprint density at radius 3 is 2.47 bits per heavy atom. The van der Waals surface area contributed by atoms with Crippen LogP contribution in [0.2, 0.25) is 0 Å². The minimum Gasteiger partial charge on any atom is -0.481 e. The number of nitrogens with zero attached hydrogens (tertiary/aromatic N) is 1. The lowest BCUT2D eigenvalue weighted by molar-refractivity contribution is -0.139. The fourth-order valence-corrected chi connectivity index (χ4v) is 3.26. The molecule has 1 unspecified atom stereocenters. The number of hydrogen-bond donors (Lipinski definition) is 2. The molecule has 0 saturated heterocycles. The van der Waals surface area contributed by atoms with E-state index in [0.29, 0.717) is 0 Å². The normalized spacial score (nSPS) is 18.3. The van der Waals surface area contributed by atoms with Crippen LogP contribution < -0.4 is 5.32 Å². The van der Waals surface area contributed by atoms with Gasteiger partial charge in [-0.1, -0.05) is 6.92 Å². The molecule has 1 rings (SSSR count). The third-order valence-electron chi connectivity index (χ3n) is 3.87. The van der Waals surface area contributed by atoms with Crippen LogP contribution in [0, 0.1) is 0 Å². The highest BCUT2D eigenvalue weighted by atomic mass is 32.2. The molecule has 1 saturated carbocycles. The molecule has 6 heteroatoms. The van der Waals surface area contributed by atoms with Crippen molar-refractivity contribution < 1.29 is 14.7 Å². The number of amides is 2. The second kappa shape index (κ2) is 7.03. The Morgan fingerprint density at radius 2 is 2.11 bits per heavy atom. The molecule has 2 N–H and O–H groups in total. The van der Waals surface area contributed by atoms with Gasteiger partial charge in [0.25, 0.3) is 0 Å². The van der Waals surface area contributed by atoms with Crippen molar-refractivity contribution in [2.75, 3.05) is 19.1 Å². The Bertz CT molecular complexity index is 332. The van der Waals surface area contributed by atoms with Crippen LogP contribution in [0.15, 0.2) is 0 Å². The average molecular weight is 288 g/mol. The third kappa shape index (κ3) is 4.30. The predicted octanol–water partition coefficient (Wildman–Crippen LogP) is 2.17. The smallest absolute Gasteiger partial charge is 0.317 e. The van der Waals surface area contributed by atoms with Crippen LogP contribution in [-0.4, -0.2) is 52.6 Å². The first-order valence-electron chi connectivity index (χ1n) is 6.70. The molecule has 0 aromatic rings. The molecular formula is C13H24N2O3S. The zero-order valence-corrected chi connectivity index (χ0v) is 12.8. The maximum atomic E-state index is 12.2. The fourth-order valence-electron chi connectivity index (χ4n) is 2.42. The summed E-state index contributed by atoms with van der Waals surface area (Å²) in [4.78, 5) is 24.8. The van der Waals surface area contributed by atoms with E-state index >= 15 is 0 Å². The summed E-state index contributed by atoms with van der Waals surface area (Å²) in [5, 5.41) is 11.9. The molecule has 0 spiro atoms. The molecule has 0 heterocycles. The SMILES string of the molecule is CCC(CSC)N(C)C(=O)NC1(CC(=O)O)CCC1. The monoisotopic (exact) mass is 288 g/mol. The van der Waals surface area contributed by atoms with E-state index in [9.17, 15) is 9.59 Å². The number of thioether (sulfide) groups is 1. The van der Waals surface area contributed by atoms with Crippen molar-refractivity contribution in [2.24, 2.45) is 0 Å². The third-order valence-corrected chi connectivity index (χ3v) is 4.59. The van der Waals surface area contributed by atoms with Crippen LogP contribution in [-0.2, 0) is 4.79 Å². The van der Waals surface area contributed by atoms with Gasteiger partial charge in [0.15, 0.2) is 0 Å². The van der Waals surface area contributed by atoms with E-state index in [1.807, 2.05) is 6.26 Å². The van der Waals surface area contributed by atoms with E-state index in [4.69, 9.17) is 5.11 Å². The highest BCUT2D eigenvalue weighted by Gasteiger charge is 2.41. The first-order valence-corrected chi connectivity index (χ1v) is 8.09. The molecule has 1 fully saturated rings. The first-order chi connectivity index (χ1) is 8.94. The Kier molecular flexibility index (Phi) is 5.97. The van der Waals surface area contributed by atoms with Gasteiger partial charge in [0.2, 0.25) is 0 Å². The highest BCUT2D eigenvalue weighted by molar-refractivity contribution is 7.98. The topological polar surface area (TPSA) is 69.6 Å². The minimum absolute atomic E-state index is 0.0197. The van der Waals surface area contributed by atoms with E-state index < -0.39 is 11.5 Å². The number of rotatable bonds is 7. The summed E-state index contributed by atoms with van der Waals surface area (Å²) in [7, 11) is 1.78. The molecule has 19 heavy (non-hydrogen) atoms. The predicted molar refractivity (Wildman–Crippen MR) is 77.6 cm³/mol. The van der Waals surface area contributed by atoms with Crippen LogP contribution in [0.3, 0.4) is 0 Å². The first kappa shape index (κ1) is 16.1. The van der Waals surface area contributed by atoms with Gasteiger partial charge in [-0.2, -0.15) is 11.8 Å². The van der Waals surface area contributed by atoms with Crippen LogP contribution >= 0.6 is 11.8 Å². The Balaban J connectivity index is 2.59. The minimum atomic E-state index is -0.848. The number of carboxylic acid groups (broad SMARTS) is 1. The lowest BCUT2D eigenvalue weighted by atomic mass is 9.74. The van der Waals surface area contributed by atoms with Crippen LogP contribution in [0.25, 0.3) is 0 Å². The molecule has 5 nitrogen and oxygen atoms in total. The summed E-state index contributed by atoms with van der Waals surface area (Å²) < 4.78 is 0. The number of aliphatic carboxylic acids is 1. The van der Waals surface area contributed by atoms with Gasteiger partial charge in [-0.05, 0) is 31.9 Å². The molecule has 1 aliphatic carbocycles. The van der Waals surface area contributed by atoms with E-state index in [1.54, 1.807) is 23.7 Å². The summed E-state index contributed by atoms with van der Waals surface area (Å²) in [6, 6.07) is 0.0406. The van der Waals surface area contributed by atoms with E-state index in [0.717, 1.165) is 31.4 Å².